The monoisotopic (exact) mass is 281 g/mol. The predicted octanol–water partition coefficient (Wildman–Crippen LogP) is 1.93. The quantitative estimate of drug-likeness (QED) is 0.780. The lowest BCUT2D eigenvalue weighted by Gasteiger charge is -2.30. The summed E-state index contributed by atoms with van der Waals surface area (Å²) in [5.41, 5.74) is 8.68. The summed E-state index contributed by atoms with van der Waals surface area (Å²) in [6.45, 7) is 9.05. The van der Waals surface area contributed by atoms with Crippen LogP contribution in [0.15, 0.2) is 6.07 Å². The van der Waals surface area contributed by atoms with E-state index in [1.807, 2.05) is 19.9 Å². The smallest absolute Gasteiger partial charge is 0.139 e. The molecular formula is C14H23N3OS. The number of pyridine rings is 1. The van der Waals surface area contributed by atoms with Crippen molar-refractivity contribution in [1.29, 1.82) is 0 Å². The molecule has 0 aromatic carbocycles. The molecule has 0 aliphatic rings. The highest BCUT2D eigenvalue weighted by Crippen LogP contribution is 2.24. The van der Waals surface area contributed by atoms with E-state index in [1.54, 1.807) is 0 Å². The molecule has 0 saturated carbocycles. The first-order valence-electron chi connectivity index (χ1n) is 6.54. The summed E-state index contributed by atoms with van der Waals surface area (Å²) in [6, 6.07) is 2.26. The van der Waals surface area contributed by atoms with Crippen molar-refractivity contribution in [2.24, 2.45) is 5.73 Å². The van der Waals surface area contributed by atoms with Gasteiger partial charge in [-0.2, -0.15) is 0 Å². The third kappa shape index (κ3) is 3.88. The van der Waals surface area contributed by atoms with E-state index in [2.05, 4.69) is 23.7 Å². The van der Waals surface area contributed by atoms with Crippen molar-refractivity contribution in [3.63, 3.8) is 0 Å². The van der Waals surface area contributed by atoms with Crippen LogP contribution in [0.2, 0.25) is 0 Å². The average molecular weight is 281 g/mol. The van der Waals surface area contributed by atoms with Crippen molar-refractivity contribution in [1.82, 2.24) is 4.98 Å². The van der Waals surface area contributed by atoms with Crippen molar-refractivity contribution in [2.75, 3.05) is 18.1 Å². The van der Waals surface area contributed by atoms with Gasteiger partial charge in [0, 0.05) is 24.9 Å². The molecule has 0 aliphatic heterocycles. The van der Waals surface area contributed by atoms with E-state index in [-0.39, 0.29) is 12.6 Å². The van der Waals surface area contributed by atoms with Crippen LogP contribution in [0, 0.1) is 13.8 Å². The van der Waals surface area contributed by atoms with Crippen LogP contribution in [0.25, 0.3) is 0 Å². The SMILES string of the molecule is Cc1cc(C)c(C(N)=S)c(N(CCCO)C(C)C)n1. The molecule has 1 rings (SSSR count). The van der Waals surface area contributed by atoms with Crippen LogP contribution in [-0.4, -0.2) is 34.3 Å². The number of aliphatic hydroxyl groups is 1. The van der Waals surface area contributed by atoms with Gasteiger partial charge in [0.05, 0.1) is 5.56 Å². The van der Waals surface area contributed by atoms with E-state index >= 15 is 0 Å². The fraction of sp³-hybridized carbons (Fsp3) is 0.571. The molecule has 0 saturated heterocycles. The minimum atomic E-state index is 0.163. The molecule has 4 nitrogen and oxygen atoms in total. The summed E-state index contributed by atoms with van der Waals surface area (Å²) in [5.74, 6) is 0.827. The summed E-state index contributed by atoms with van der Waals surface area (Å²) in [5, 5.41) is 9.03. The Bertz CT molecular complexity index is 460. The first kappa shape index (κ1) is 15.9. The lowest BCUT2D eigenvalue weighted by atomic mass is 10.1. The van der Waals surface area contributed by atoms with Crippen molar-refractivity contribution in [3.8, 4) is 0 Å². The number of hydrogen-bond acceptors (Lipinski definition) is 4. The van der Waals surface area contributed by atoms with Gasteiger partial charge in [-0.05, 0) is 45.7 Å². The molecule has 0 spiro atoms. The van der Waals surface area contributed by atoms with Gasteiger partial charge in [0.25, 0.3) is 0 Å². The Morgan fingerprint density at radius 2 is 2.11 bits per heavy atom. The molecule has 19 heavy (non-hydrogen) atoms. The zero-order valence-corrected chi connectivity index (χ0v) is 12.9. The van der Waals surface area contributed by atoms with Gasteiger partial charge in [0.15, 0.2) is 0 Å². The number of thiocarbonyl (C=S) groups is 1. The highest BCUT2D eigenvalue weighted by Gasteiger charge is 2.19. The number of aliphatic hydroxyl groups excluding tert-OH is 1. The second kappa shape index (κ2) is 6.82. The van der Waals surface area contributed by atoms with Gasteiger partial charge in [-0.25, -0.2) is 4.98 Å². The van der Waals surface area contributed by atoms with Crippen LogP contribution in [0.5, 0.6) is 0 Å². The van der Waals surface area contributed by atoms with Crippen molar-refractivity contribution >= 4 is 23.0 Å². The van der Waals surface area contributed by atoms with E-state index in [0.717, 1.165) is 29.2 Å². The molecule has 0 fully saturated rings. The Kier molecular flexibility index (Phi) is 5.69. The second-order valence-corrected chi connectivity index (χ2v) is 5.45. The summed E-state index contributed by atoms with van der Waals surface area (Å²) >= 11 is 5.16. The predicted molar refractivity (Wildman–Crippen MR) is 83.8 cm³/mol. The number of rotatable bonds is 6. The van der Waals surface area contributed by atoms with E-state index in [9.17, 15) is 0 Å². The van der Waals surface area contributed by atoms with Gasteiger partial charge >= 0.3 is 0 Å². The van der Waals surface area contributed by atoms with Crippen LogP contribution in [0.3, 0.4) is 0 Å². The number of hydrogen-bond donors (Lipinski definition) is 2. The molecule has 106 valence electrons. The molecule has 0 unspecified atom stereocenters. The second-order valence-electron chi connectivity index (χ2n) is 5.01. The molecule has 1 heterocycles. The zero-order valence-electron chi connectivity index (χ0n) is 12.1. The Morgan fingerprint density at radius 1 is 1.47 bits per heavy atom. The Morgan fingerprint density at radius 3 is 2.58 bits per heavy atom. The molecule has 1 aromatic rings. The topological polar surface area (TPSA) is 62.4 Å². The highest BCUT2D eigenvalue weighted by atomic mass is 32.1. The van der Waals surface area contributed by atoms with Gasteiger partial charge in [0.2, 0.25) is 0 Å². The minimum Gasteiger partial charge on any atom is -0.396 e. The lowest BCUT2D eigenvalue weighted by molar-refractivity contribution is 0.288. The molecule has 0 bridgehead atoms. The Balaban J connectivity index is 3.31. The molecule has 0 atom stereocenters. The first-order chi connectivity index (χ1) is 8.88. The first-order valence-corrected chi connectivity index (χ1v) is 6.94. The van der Waals surface area contributed by atoms with Gasteiger partial charge in [-0.15, -0.1) is 0 Å². The van der Waals surface area contributed by atoms with Crippen LogP contribution in [0.4, 0.5) is 5.82 Å². The van der Waals surface area contributed by atoms with Crippen molar-refractivity contribution in [3.05, 3.63) is 22.9 Å². The zero-order chi connectivity index (χ0) is 14.6. The fourth-order valence-corrected chi connectivity index (χ4v) is 2.43. The molecule has 3 N–H and O–H groups in total. The van der Waals surface area contributed by atoms with Crippen LogP contribution >= 0.6 is 12.2 Å². The lowest BCUT2D eigenvalue weighted by Crippen LogP contribution is -2.35. The third-order valence-electron chi connectivity index (χ3n) is 3.02. The summed E-state index contributed by atoms with van der Waals surface area (Å²) in [7, 11) is 0. The van der Waals surface area contributed by atoms with Crippen LogP contribution < -0.4 is 10.6 Å². The van der Waals surface area contributed by atoms with Gasteiger partial charge in [-0.1, -0.05) is 12.2 Å². The Hall–Kier alpha value is -1.20. The average Bonchev–Trinajstić information content (AvgIpc) is 2.27. The fourth-order valence-electron chi connectivity index (χ4n) is 2.18. The summed E-state index contributed by atoms with van der Waals surface area (Å²) in [6.07, 6.45) is 0.698. The van der Waals surface area contributed by atoms with Gasteiger partial charge in [-0.3, -0.25) is 0 Å². The van der Waals surface area contributed by atoms with E-state index < -0.39 is 0 Å². The molecule has 1 aromatic heterocycles. The van der Waals surface area contributed by atoms with E-state index in [4.69, 9.17) is 23.1 Å². The van der Waals surface area contributed by atoms with E-state index in [1.165, 1.54) is 0 Å². The van der Waals surface area contributed by atoms with Gasteiger partial charge < -0.3 is 15.7 Å². The highest BCUT2D eigenvalue weighted by molar-refractivity contribution is 7.80. The molecular weight excluding hydrogens is 258 g/mol. The number of aromatic nitrogens is 1. The van der Waals surface area contributed by atoms with Crippen LogP contribution in [-0.2, 0) is 0 Å². The number of anilines is 1. The molecule has 0 aliphatic carbocycles. The standard InChI is InChI=1S/C14H23N3OS/c1-9(2)17(6-5-7-18)14-12(13(15)19)10(3)8-11(4)16-14/h8-9,18H,5-7H2,1-4H3,(H2,15,19). The van der Waals surface area contributed by atoms with Gasteiger partial charge in [0.1, 0.15) is 10.8 Å². The molecule has 5 heteroatoms. The minimum absolute atomic E-state index is 0.163. The maximum atomic E-state index is 9.03. The maximum Gasteiger partial charge on any atom is 0.139 e. The summed E-state index contributed by atoms with van der Waals surface area (Å²) < 4.78 is 0. The van der Waals surface area contributed by atoms with E-state index in [0.29, 0.717) is 11.4 Å². The molecule has 0 radical (unpaired) electrons. The maximum absolute atomic E-state index is 9.03. The third-order valence-corrected chi connectivity index (χ3v) is 3.23. The van der Waals surface area contributed by atoms with Crippen molar-refractivity contribution < 1.29 is 5.11 Å². The normalized spacial score (nSPS) is 10.8. The number of nitrogens with two attached hydrogens (primary N) is 1. The van der Waals surface area contributed by atoms with Crippen LogP contribution in [0.1, 0.15) is 37.1 Å². The van der Waals surface area contributed by atoms with Crippen molar-refractivity contribution in [2.45, 2.75) is 40.2 Å². The molecule has 0 amide bonds. The number of nitrogens with zero attached hydrogens (tertiary/aromatic N) is 2. The Labute approximate surface area is 120 Å². The largest absolute Gasteiger partial charge is 0.396 e. The summed E-state index contributed by atoms with van der Waals surface area (Å²) in [4.78, 5) is 7.12. The number of aryl methyl sites for hydroxylation is 2.